The molecule has 1 aromatic heterocycles. The van der Waals surface area contributed by atoms with Gasteiger partial charge in [0.25, 0.3) is 0 Å². The number of aromatic nitrogens is 1. The Hall–Kier alpha value is -1.90. The molecule has 0 bridgehead atoms. The van der Waals surface area contributed by atoms with Crippen molar-refractivity contribution in [2.75, 3.05) is 18.0 Å². The molecule has 1 aliphatic rings. The van der Waals surface area contributed by atoms with E-state index in [9.17, 15) is 4.79 Å². The molecule has 0 unspecified atom stereocenters. The Bertz CT molecular complexity index is 630. The molecule has 0 atom stereocenters. The summed E-state index contributed by atoms with van der Waals surface area (Å²) in [7, 11) is 0. The van der Waals surface area contributed by atoms with Gasteiger partial charge in [-0.1, -0.05) is 25.1 Å². The van der Waals surface area contributed by atoms with Crippen LogP contribution in [-0.4, -0.2) is 24.4 Å². The first kappa shape index (κ1) is 13.1. The normalized spacial score (nSPS) is 15.6. The number of carbonyl (C=O) groups excluding carboxylic acids is 1. The van der Waals surface area contributed by atoms with E-state index in [4.69, 9.17) is 4.98 Å². The van der Waals surface area contributed by atoms with Crippen LogP contribution >= 0.6 is 0 Å². The van der Waals surface area contributed by atoms with Gasteiger partial charge in [0.2, 0.25) is 0 Å². The topological polar surface area (TPSA) is 33.2 Å². The molecule has 0 aliphatic carbocycles. The Kier molecular flexibility index (Phi) is 3.68. The van der Waals surface area contributed by atoms with Crippen molar-refractivity contribution >= 4 is 23.0 Å². The van der Waals surface area contributed by atoms with E-state index in [-0.39, 0.29) is 0 Å². The van der Waals surface area contributed by atoms with Gasteiger partial charge in [0.15, 0.2) is 6.29 Å². The fourth-order valence-corrected chi connectivity index (χ4v) is 3.00. The summed E-state index contributed by atoms with van der Waals surface area (Å²) < 4.78 is 0. The van der Waals surface area contributed by atoms with Crippen LogP contribution in [-0.2, 0) is 6.42 Å². The number of carbonyl (C=O) groups is 1. The number of hydrogen-bond donors (Lipinski definition) is 0. The van der Waals surface area contributed by atoms with Crippen molar-refractivity contribution in [3.05, 3.63) is 35.4 Å². The minimum Gasteiger partial charge on any atom is -0.356 e. The van der Waals surface area contributed by atoms with Crippen molar-refractivity contribution in [3.63, 3.8) is 0 Å². The van der Waals surface area contributed by atoms with Crippen LogP contribution < -0.4 is 4.90 Å². The Morgan fingerprint density at radius 3 is 2.75 bits per heavy atom. The Morgan fingerprint density at radius 1 is 1.25 bits per heavy atom. The van der Waals surface area contributed by atoms with Crippen molar-refractivity contribution in [1.29, 1.82) is 0 Å². The summed E-state index contributed by atoms with van der Waals surface area (Å²) in [6, 6.07) is 8.18. The summed E-state index contributed by atoms with van der Waals surface area (Å²) in [4.78, 5) is 18.5. The third kappa shape index (κ3) is 2.28. The van der Waals surface area contributed by atoms with Crippen molar-refractivity contribution in [3.8, 4) is 0 Å². The van der Waals surface area contributed by atoms with Crippen LogP contribution in [0.1, 0.15) is 42.1 Å². The third-order valence-corrected chi connectivity index (χ3v) is 4.10. The van der Waals surface area contributed by atoms with Crippen LogP contribution in [0.2, 0.25) is 0 Å². The predicted molar refractivity (Wildman–Crippen MR) is 82.6 cm³/mol. The van der Waals surface area contributed by atoms with Gasteiger partial charge in [0, 0.05) is 18.5 Å². The number of pyridine rings is 1. The van der Waals surface area contributed by atoms with E-state index in [2.05, 4.69) is 17.9 Å². The summed E-state index contributed by atoms with van der Waals surface area (Å²) in [5.41, 5.74) is 3.01. The lowest BCUT2D eigenvalue weighted by molar-refractivity contribution is 0.112. The molecule has 3 nitrogen and oxygen atoms in total. The highest BCUT2D eigenvalue weighted by molar-refractivity contribution is 5.93. The number of hydrogen-bond acceptors (Lipinski definition) is 3. The Balaban J connectivity index is 2.16. The van der Waals surface area contributed by atoms with Gasteiger partial charge in [-0.05, 0) is 37.3 Å². The Labute approximate surface area is 119 Å². The number of nitrogens with zero attached hydrogens (tertiary/aromatic N) is 2. The number of benzene rings is 1. The van der Waals surface area contributed by atoms with E-state index < -0.39 is 0 Å². The first-order chi connectivity index (χ1) is 9.83. The average molecular weight is 268 g/mol. The summed E-state index contributed by atoms with van der Waals surface area (Å²) in [6.45, 7) is 4.16. The highest BCUT2D eigenvalue weighted by Gasteiger charge is 2.17. The fraction of sp³-hybridized carbons (Fsp3) is 0.412. The molecule has 0 radical (unpaired) electrons. The summed E-state index contributed by atoms with van der Waals surface area (Å²) in [5.74, 6) is 0.869. The number of fused-ring (bicyclic) bond motifs is 1. The van der Waals surface area contributed by atoms with E-state index in [1.165, 1.54) is 24.8 Å². The lowest BCUT2D eigenvalue weighted by Gasteiger charge is -2.29. The number of aldehydes is 1. The average Bonchev–Trinajstić information content (AvgIpc) is 2.53. The number of para-hydroxylation sites is 1. The van der Waals surface area contributed by atoms with Crippen LogP contribution in [0.25, 0.3) is 10.9 Å². The van der Waals surface area contributed by atoms with Gasteiger partial charge in [-0.15, -0.1) is 0 Å². The highest BCUT2D eigenvalue weighted by atomic mass is 16.1. The minimum absolute atomic E-state index is 0.715. The van der Waals surface area contributed by atoms with Crippen molar-refractivity contribution in [2.24, 2.45) is 0 Å². The fourth-order valence-electron chi connectivity index (χ4n) is 3.00. The summed E-state index contributed by atoms with van der Waals surface area (Å²) >= 11 is 0. The third-order valence-electron chi connectivity index (χ3n) is 4.10. The van der Waals surface area contributed by atoms with Crippen LogP contribution in [0.4, 0.5) is 5.82 Å². The first-order valence-electron chi connectivity index (χ1n) is 7.46. The number of piperidine rings is 1. The van der Waals surface area contributed by atoms with Gasteiger partial charge >= 0.3 is 0 Å². The minimum atomic E-state index is 0.715. The van der Waals surface area contributed by atoms with Gasteiger partial charge < -0.3 is 4.90 Å². The maximum atomic E-state index is 11.4. The second-order valence-corrected chi connectivity index (χ2v) is 5.41. The van der Waals surface area contributed by atoms with Crippen LogP contribution in [0, 0.1) is 0 Å². The zero-order chi connectivity index (χ0) is 13.9. The van der Waals surface area contributed by atoms with Crippen LogP contribution in [0.15, 0.2) is 24.3 Å². The van der Waals surface area contributed by atoms with Gasteiger partial charge in [-0.3, -0.25) is 4.79 Å². The van der Waals surface area contributed by atoms with Gasteiger partial charge in [-0.25, -0.2) is 4.98 Å². The second-order valence-electron chi connectivity index (χ2n) is 5.41. The maximum absolute atomic E-state index is 11.4. The number of aryl methyl sites for hydroxylation is 1. The molecule has 104 valence electrons. The molecule has 0 spiro atoms. The van der Waals surface area contributed by atoms with Crippen molar-refractivity contribution < 1.29 is 4.79 Å². The van der Waals surface area contributed by atoms with Crippen molar-refractivity contribution in [2.45, 2.75) is 32.6 Å². The molecule has 0 saturated carbocycles. The number of anilines is 1. The van der Waals surface area contributed by atoms with E-state index in [0.717, 1.165) is 42.5 Å². The first-order valence-corrected chi connectivity index (χ1v) is 7.46. The maximum Gasteiger partial charge on any atom is 0.153 e. The zero-order valence-electron chi connectivity index (χ0n) is 11.9. The molecule has 1 saturated heterocycles. The molecule has 2 aromatic rings. The zero-order valence-corrected chi connectivity index (χ0v) is 11.9. The molecule has 1 fully saturated rings. The quantitative estimate of drug-likeness (QED) is 0.797. The molecule has 1 aliphatic heterocycles. The molecule has 2 heterocycles. The van der Waals surface area contributed by atoms with Crippen LogP contribution in [0.5, 0.6) is 0 Å². The predicted octanol–water partition coefficient (Wildman–Crippen LogP) is 3.60. The summed E-state index contributed by atoms with van der Waals surface area (Å²) in [5, 5.41) is 1.06. The van der Waals surface area contributed by atoms with Gasteiger partial charge in [0.05, 0.1) is 11.1 Å². The van der Waals surface area contributed by atoms with Gasteiger partial charge in [-0.2, -0.15) is 0 Å². The summed E-state index contributed by atoms with van der Waals surface area (Å²) in [6.07, 6.45) is 5.56. The second kappa shape index (κ2) is 5.61. The van der Waals surface area contributed by atoms with E-state index in [0.29, 0.717) is 5.56 Å². The molecular formula is C17H20N2O. The van der Waals surface area contributed by atoms with Crippen LogP contribution in [0.3, 0.4) is 0 Å². The molecule has 1 aromatic carbocycles. The largest absolute Gasteiger partial charge is 0.356 e. The molecule has 0 N–H and O–H groups in total. The Morgan fingerprint density at radius 2 is 2.05 bits per heavy atom. The van der Waals surface area contributed by atoms with Gasteiger partial charge in [0.1, 0.15) is 5.82 Å². The van der Waals surface area contributed by atoms with E-state index in [1.54, 1.807) is 0 Å². The molecule has 0 amide bonds. The molecule has 3 heteroatoms. The molecule has 3 rings (SSSR count). The smallest absolute Gasteiger partial charge is 0.153 e. The highest BCUT2D eigenvalue weighted by Crippen LogP contribution is 2.27. The number of rotatable bonds is 3. The standard InChI is InChI=1S/C17H20N2O/c1-2-13-7-6-8-14-11-15(12-20)17(18-16(13)14)19-9-4-3-5-10-19/h6-8,11-12H,2-5,9-10H2,1H3. The monoisotopic (exact) mass is 268 g/mol. The lowest BCUT2D eigenvalue weighted by atomic mass is 10.0. The van der Waals surface area contributed by atoms with E-state index in [1.807, 2.05) is 18.2 Å². The molecule has 20 heavy (non-hydrogen) atoms. The SMILES string of the molecule is CCc1cccc2cc(C=O)c(N3CCCCC3)nc12. The lowest BCUT2D eigenvalue weighted by Crippen LogP contribution is -2.31. The van der Waals surface area contributed by atoms with Crippen molar-refractivity contribution in [1.82, 2.24) is 4.98 Å². The van der Waals surface area contributed by atoms with E-state index >= 15 is 0 Å². The molecular weight excluding hydrogens is 248 g/mol.